The summed E-state index contributed by atoms with van der Waals surface area (Å²) >= 11 is 0. The molecule has 110 valence electrons. The van der Waals surface area contributed by atoms with Gasteiger partial charge in [-0.05, 0) is 42.0 Å². The van der Waals surface area contributed by atoms with Gasteiger partial charge in [0.25, 0.3) is 0 Å². The van der Waals surface area contributed by atoms with Gasteiger partial charge >= 0.3 is 0 Å². The van der Waals surface area contributed by atoms with E-state index in [0.717, 1.165) is 25.2 Å². The van der Waals surface area contributed by atoms with Gasteiger partial charge in [0.05, 0.1) is 6.61 Å². The SMILES string of the molecule is Cc1cc(C)c(Cc2ccc(C(C)C)cc2)c2c1CCO2. The first kappa shape index (κ1) is 14.2. The lowest BCUT2D eigenvalue weighted by molar-refractivity contribution is 0.353. The summed E-state index contributed by atoms with van der Waals surface area (Å²) in [5, 5.41) is 0. The van der Waals surface area contributed by atoms with E-state index in [0.29, 0.717) is 5.92 Å². The fraction of sp³-hybridized carbons (Fsp3) is 0.400. The molecule has 3 rings (SSSR count). The highest BCUT2D eigenvalue weighted by molar-refractivity contribution is 5.53. The summed E-state index contributed by atoms with van der Waals surface area (Å²) in [6.45, 7) is 9.70. The molecular weight excluding hydrogens is 256 g/mol. The fourth-order valence-electron chi connectivity index (χ4n) is 3.22. The second kappa shape index (κ2) is 5.55. The van der Waals surface area contributed by atoms with Crippen molar-refractivity contribution in [2.24, 2.45) is 0 Å². The normalized spacial score (nSPS) is 13.4. The zero-order chi connectivity index (χ0) is 15.0. The van der Waals surface area contributed by atoms with E-state index in [1.54, 1.807) is 0 Å². The molecule has 2 aromatic carbocycles. The number of benzene rings is 2. The third-order valence-corrected chi connectivity index (χ3v) is 4.56. The molecule has 0 spiro atoms. The van der Waals surface area contributed by atoms with Crippen LogP contribution in [0.1, 0.15) is 53.1 Å². The molecule has 0 amide bonds. The second-order valence-electron chi connectivity index (χ2n) is 6.47. The Morgan fingerprint density at radius 1 is 1.05 bits per heavy atom. The number of hydrogen-bond acceptors (Lipinski definition) is 1. The van der Waals surface area contributed by atoms with Crippen molar-refractivity contribution in [2.45, 2.75) is 46.5 Å². The molecule has 1 heterocycles. The van der Waals surface area contributed by atoms with E-state index >= 15 is 0 Å². The number of ether oxygens (including phenoxy) is 1. The van der Waals surface area contributed by atoms with Crippen molar-refractivity contribution in [2.75, 3.05) is 6.61 Å². The lowest BCUT2D eigenvalue weighted by atomic mass is 9.92. The third kappa shape index (κ3) is 2.70. The highest BCUT2D eigenvalue weighted by Crippen LogP contribution is 2.36. The average Bonchev–Trinajstić information content (AvgIpc) is 2.93. The van der Waals surface area contributed by atoms with E-state index in [1.165, 1.54) is 33.4 Å². The zero-order valence-corrected chi connectivity index (χ0v) is 13.5. The maximum absolute atomic E-state index is 5.93. The molecular formula is C20H24O. The molecule has 0 bridgehead atoms. The van der Waals surface area contributed by atoms with Gasteiger partial charge in [-0.15, -0.1) is 0 Å². The lowest BCUT2D eigenvalue weighted by Crippen LogP contribution is -1.98. The molecule has 0 aliphatic carbocycles. The largest absolute Gasteiger partial charge is 0.493 e. The summed E-state index contributed by atoms with van der Waals surface area (Å²) in [4.78, 5) is 0. The van der Waals surface area contributed by atoms with E-state index in [-0.39, 0.29) is 0 Å². The monoisotopic (exact) mass is 280 g/mol. The van der Waals surface area contributed by atoms with Gasteiger partial charge in [0.1, 0.15) is 5.75 Å². The van der Waals surface area contributed by atoms with Gasteiger partial charge in [-0.1, -0.05) is 44.2 Å². The average molecular weight is 280 g/mol. The minimum atomic E-state index is 0.591. The Labute approximate surface area is 128 Å². The Hall–Kier alpha value is -1.76. The van der Waals surface area contributed by atoms with Gasteiger partial charge in [-0.3, -0.25) is 0 Å². The summed E-state index contributed by atoms with van der Waals surface area (Å²) in [5.41, 5.74) is 8.27. The van der Waals surface area contributed by atoms with Crippen LogP contribution < -0.4 is 4.74 Å². The maximum Gasteiger partial charge on any atom is 0.126 e. The minimum Gasteiger partial charge on any atom is -0.493 e. The third-order valence-electron chi connectivity index (χ3n) is 4.56. The number of hydrogen-bond donors (Lipinski definition) is 0. The molecule has 0 radical (unpaired) electrons. The van der Waals surface area contributed by atoms with Crippen molar-refractivity contribution in [3.05, 3.63) is 63.7 Å². The molecule has 0 saturated carbocycles. The first-order valence-corrected chi connectivity index (χ1v) is 7.90. The maximum atomic E-state index is 5.93. The molecule has 1 aliphatic heterocycles. The molecule has 1 heteroatoms. The molecule has 0 unspecified atom stereocenters. The predicted octanol–water partition coefficient (Wildman–Crippen LogP) is 4.95. The smallest absolute Gasteiger partial charge is 0.126 e. The van der Waals surface area contributed by atoms with Crippen LogP contribution in [0.15, 0.2) is 30.3 Å². The van der Waals surface area contributed by atoms with E-state index < -0.39 is 0 Å². The highest BCUT2D eigenvalue weighted by atomic mass is 16.5. The van der Waals surface area contributed by atoms with Crippen molar-refractivity contribution >= 4 is 0 Å². The lowest BCUT2D eigenvalue weighted by Gasteiger charge is -2.14. The number of aryl methyl sites for hydroxylation is 2. The van der Waals surface area contributed by atoms with E-state index in [9.17, 15) is 0 Å². The van der Waals surface area contributed by atoms with Crippen molar-refractivity contribution in [1.82, 2.24) is 0 Å². The van der Waals surface area contributed by atoms with Crippen LogP contribution in [0, 0.1) is 13.8 Å². The van der Waals surface area contributed by atoms with E-state index in [4.69, 9.17) is 4.74 Å². The van der Waals surface area contributed by atoms with Gasteiger partial charge in [-0.2, -0.15) is 0 Å². The molecule has 0 aromatic heterocycles. The fourth-order valence-corrected chi connectivity index (χ4v) is 3.22. The number of rotatable bonds is 3. The quantitative estimate of drug-likeness (QED) is 0.772. The molecule has 0 atom stereocenters. The number of fused-ring (bicyclic) bond motifs is 1. The Morgan fingerprint density at radius 2 is 1.76 bits per heavy atom. The molecule has 1 aliphatic rings. The van der Waals surface area contributed by atoms with Crippen LogP contribution in [0.4, 0.5) is 0 Å². The van der Waals surface area contributed by atoms with Crippen LogP contribution in [0.3, 0.4) is 0 Å². The Bertz CT molecular complexity index is 651. The van der Waals surface area contributed by atoms with Crippen LogP contribution in [-0.2, 0) is 12.8 Å². The summed E-state index contributed by atoms with van der Waals surface area (Å²) in [7, 11) is 0. The molecule has 0 saturated heterocycles. The first-order valence-electron chi connectivity index (χ1n) is 7.90. The van der Waals surface area contributed by atoms with Crippen LogP contribution in [0.5, 0.6) is 5.75 Å². The minimum absolute atomic E-state index is 0.591. The molecule has 0 N–H and O–H groups in total. The van der Waals surface area contributed by atoms with Crippen molar-refractivity contribution in [3.8, 4) is 5.75 Å². The topological polar surface area (TPSA) is 9.23 Å². The predicted molar refractivity (Wildman–Crippen MR) is 88.5 cm³/mol. The van der Waals surface area contributed by atoms with Gasteiger partial charge in [0.15, 0.2) is 0 Å². The van der Waals surface area contributed by atoms with Gasteiger partial charge in [0, 0.05) is 24.0 Å². The summed E-state index contributed by atoms with van der Waals surface area (Å²) < 4.78 is 5.93. The summed E-state index contributed by atoms with van der Waals surface area (Å²) in [5.74, 6) is 1.74. The first-order chi connectivity index (χ1) is 10.1. The Balaban J connectivity index is 1.93. The second-order valence-corrected chi connectivity index (χ2v) is 6.47. The van der Waals surface area contributed by atoms with Crippen LogP contribution >= 0.6 is 0 Å². The van der Waals surface area contributed by atoms with Crippen LogP contribution in [0.2, 0.25) is 0 Å². The van der Waals surface area contributed by atoms with E-state index in [2.05, 4.69) is 58.0 Å². The molecule has 1 nitrogen and oxygen atoms in total. The standard InChI is InChI=1S/C20H24O/c1-13(2)17-7-5-16(6-8-17)12-19-15(4)11-14(3)18-9-10-21-20(18)19/h5-8,11,13H,9-10,12H2,1-4H3. The zero-order valence-electron chi connectivity index (χ0n) is 13.5. The summed E-state index contributed by atoms with van der Waals surface area (Å²) in [6, 6.07) is 11.3. The Morgan fingerprint density at radius 3 is 2.43 bits per heavy atom. The van der Waals surface area contributed by atoms with Gasteiger partial charge in [0.2, 0.25) is 0 Å². The van der Waals surface area contributed by atoms with Gasteiger partial charge in [-0.25, -0.2) is 0 Å². The van der Waals surface area contributed by atoms with Gasteiger partial charge < -0.3 is 4.74 Å². The molecule has 21 heavy (non-hydrogen) atoms. The van der Waals surface area contributed by atoms with Crippen molar-refractivity contribution < 1.29 is 4.74 Å². The van der Waals surface area contributed by atoms with Crippen LogP contribution in [-0.4, -0.2) is 6.61 Å². The van der Waals surface area contributed by atoms with E-state index in [1.807, 2.05) is 0 Å². The highest BCUT2D eigenvalue weighted by Gasteiger charge is 2.20. The summed E-state index contributed by atoms with van der Waals surface area (Å²) in [6.07, 6.45) is 2.02. The van der Waals surface area contributed by atoms with Crippen molar-refractivity contribution in [3.63, 3.8) is 0 Å². The van der Waals surface area contributed by atoms with Crippen LogP contribution in [0.25, 0.3) is 0 Å². The Kier molecular flexibility index (Phi) is 3.75. The molecule has 2 aromatic rings. The van der Waals surface area contributed by atoms with Crippen molar-refractivity contribution in [1.29, 1.82) is 0 Å². The molecule has 0 fully saturated rings.